The number of carbonyl (C=O) groups excluding carboxylic acids is 1. The Morgan fingerprint density at radius 1 is 0.815 bits per heavy atom. The lowest BCUT2D eigenvalue weighted by Gasteiger charge is -2.09. The van der Waals surface area contributed by atoms with Crippen molar-refractivity contribution < 1.29 is 13.2 Å². The Morgan fingerprint density at radius 2 is 1.44 bits per heavy atom. The first-order valence-electron chi connectivity index (χ1n) is 8.21. The molecule has 3 aromatic carbocycles. The van der Waals surface area contributed by atoms with Crippen molar-refractivity contribution in [3.05, 3.63) is 95.6 Å². The Balaban J connectivity index is 1.84. The molecule has 0 aliphatic carbocycles. The summed E-state index contributed by atoms with van der Waals surface area (Å²) in [6, 6.07) is 22.8. The minimum absolute atomic E-state index is 0.00234. The van der Waals surface area contributed by atoms with Gasteiger partial charge in [0.1, 0.15) is 0 Å². The van der Waals surface area contributed by atoms with Crippen molar-refractivity contribution in [1.29, 1.82) is 0 Å². The van der Waals surface area contributed by atoms with E-state index in [9.17, 15) is 13.2 Å². The van der Waals surface area contributed by atoms with Crippen LogP contribution in [0, 0.1) is 11.8 Å². The Hall–Kier alpha value is -3.36. The van der Waals surface area contributed by atoms with Crippen LogP contribution < -0.4 is 5.32 Å². The van der Waals surface area contributed by atoms with E-state index in [1.807, 2.05) is 36.4 Å². The fraction of sp³-hybridized carbons (Fsp3) is 0.0455. The molecule has 0 fully saturated rings. The second-order valence-electron chi connectivity index (χ2n) is 5.92. The summed E-state index contributed by atoms with van der Waals surface area (Å²) in [6.07, 6.45) is 1.08. The van der Waals surface area contributed by atoms with E-state index in [0.717, 1.165) is 17.4 Å². The van der Waals surface area contributed by atoms with Crippen molar-refractivity contribution in [2.45, 2.75) is 4.90 Å². The lowest BCUT2D eigenvalue weighted by Crippen LogP contribution is -2.16. The van der Waals surface area contributed by atoms with Crippen molar-refractivity contribution in [2.75, 3.05) is 11.6 Å². The van der Waals surface area contributed by atoms with Gasteiger partial charge >= 0.3 is 0 Å². The molecule has 0 saturated heterocycles. The fourth-order valence-corrected chi connectivity index (χ4v) is 3.40. The number of anilines is 1. The topological polar surface area (TPSA) is 63.2 Å². The monoisotopic (exact) mass is 375 g/mol. The third-order valence-corrected chi connectivity index (χ3v) is 4.93. The molecule has 0 aliphatic rings. The van der Waals surface area contributed by atoms with Gasteiger partial charge in [-0.2, -0.15) is 0 Å². The predicted octanol–water partition coefficient (Wildman–Crippen LogP) is 3.74. The van der Waals surface area contributed by atoms with Gasteiger partial charge in [0, 0.05) is 23.1 Å². The molecule has 0 radical (unpaired) electrons. The van der Waals surface area contributed by atoms with Crippen molar-refractivity contribution in [2.24, 2.45) is 0 Å². The molecule has 1 amide bonds. The molecule has 0 bridgehead atoms. The number of hydrogen-bond donors (Lipinski definition) is 1. The number of benzene rings is 3. The molecule has 1 N–H and O–H groups in total. The van der Waals surface area contributed by atoms with Crippen LogP contribution in [0.4, 0.5) is 5.69 Å². The molecule has 0 saturated carbocycles. The third kappa shape index (κ3) is 4.84. The van der Waals surface area contributed by atoms with Gasteiger partial charge in [-0.1, -0.05) is 48.2 Å². The van der Waals surface area contributed by atoms with Gasteiger partial charge in [0.05, 0.1) is 10.5 Å². The highest BCUT2D eigenvalue weighted by Crippen LogP contribution is 2.18. The minimum atomic E-state index is -3.50. The average Bonchev–Trinajstić information content (AvgIpc) is 2.67. The third-order valence-electron chi connectivity index (χ3n) is 3.78. The Kier molecular flexibility index (Phi) is 5.39. The molecule has 0 unspecified atom stereocenters. The predicted molar refractivity (Wildman–Crippen MR) is 106 cm³/mol. The summed E-state index contributed by atoms with van der Waals surface area (Å²) >= 11 is 0. The Labute approximate surface area is 158 Å². The summed E-state index contributed by atoms with van der Waals surface area (Å²) in [5.41, 5.74) is 2.30. The van der Waals surface area contributed by atoms with Crippen LogP contribution in [0.5, 0.6) is 0 Å². The SMILES string of the molecule is CS(=O)(=O)c1ccccc1C(=O)Nc1cccc(C#Cc2ccccc2)c1. The zero-order valence-electron chi connectivity index (χ0n) is 14.6. The molecule has 134 valence electrons. The van der Waals surface area contributed by atoms with Crippen molar-refractivity contribution >= 4 is 21.4 Å². The molecule has 5 heteroatoms. The molecule has 0 aliphatic heterocycles. The summed E-state index contributed by atoms with van der Waals surface area (Å²) in [5, 5.41) is 2.74. The number of amides is 1. The van der Waals surface area contributed by atoms with Crippen LogP contribution in [0.15, 0.2) is 83.8 Å². The Morgan fingerprint density at radius 3 is 2.19 bits per heavy atom. The maximum Gasteiger partial charge on any atom is 0.256 e. The van der Waals surface area contributed by atoms with Gasteiger partial charge in [0.15, 0.2) is 9.84 Å². The highest BCUT2D eigenvalue weighted by molar-refractivity contribution is 7.90. The van der Waals surface area contributed by atoms with Crippen LogP contribution >= 0.6 is 0 Å². The average molecular weight is 375 g/mol. The second-order valence-corrected chi connectivity index (χ2v) is 7.90. The van der Waals surface area contributed by atoms with Crippen LogP contribution in [0.3, 0.4) is 0 Å². The molecule has 3 aromatic rings. The maximum absolute atomic E-state index is 12.6. The Bertz CT molecular complexity index is 1140. The van der Waals surface area contributed by atoms with E-state index in [2.05, 4.69) is 17.2 Å². The molecular formula is C22H17NO3S. The van der Waals surface area contributed by atoms with Crippen LogP contribution in [0.2, 0.25) is 0 Å². The largest absolute Gasteiger partial charge is 0.322 e. The van der Waals surface area contributed by atoms with Crippen molar-refractivity contribution in [3.8, 4) is 11.8 Å². The van der Waals surface area contributed by atoms with E-state index >= 15 is 0 Å². The van der Waals surface area contributed by atoms with Gasteiger partial charge in [-0.25, -0.2) is 8.42 Å². The number of hydrogen-bond acceptors (Lipinski definition) is 3. The summed E-state index contributed by atoms with van der Waals surface area (Å²) in [6.45, 7) is 0. The first kappa shape index (κ1) is 18.4. The van der Waals surface area contributed by atoms with Gasteiger partial charge in [0.25, 0.3) is 5.91 Å². The van der Waals surface area contributed by atoms with Crippen molar-refractivity contribution in [3.63, 3.8) is 0 Å². The highest BCUT2D eigenvalue weighted by atomic mass is 32.2. The van der Waals surface area contributed by atoms with E-state index in [0.29, 0.717) is 5.69 Å². The smallest absolute Gasteiger partial charge is 0.256 e. The van der Waals surface area contributed by atoms with Crippen molar-refractivity contribution in [1.82, 2.24) is 0 Å². The van der Waals surface area contributed by atoms with E-state index in [1.165, 1.54) is 12.1 Å². The molecule has 0 aromatic heterocycles. The van der Waals surface area contributed by atoms with Gasteiger partial charge in [-0.05, 0) is 42.5 Å². The first-order valence-corrected chi connectivity index (χ1v) is 10.1. The maximum atomic E-state index is 12.6. The number of rotatable bonds is 3. The molecule has 3 rings (SSSR count). The van der Waals surface area contributed by atoms with E-state index in [-0.39, 0.29) is 10.5 Å². The van der Waals surface area contributed by atoms with Crippen LogP contribution in [-0.2, 0) is 9.84 Å². The van der Waals surface area contributed by atoms with E-state index < -0.39 is 15.7 Å². The van der Waals surface area contributed by atoms with Crippen LogP contribution in [0.1, 0.15) is 21.5 Å². The van der Waals surface area contributed by atoms with E-state index in [1.54, 1.807) is 30.3 Å². The standard InChI is InChI=1S/C22H17NO3S/c1-27(25,26)21-13-6-5-12-20(21)22(24)23-19-11-7-10-18(16-19)15-14-17-8-3-2-4-9-17/h2-13,16H,1H3,(H,23,24). The molecular weight excluding hydrogens is 358 g/mol. The molecule has 0 atom stereocenters. The quantitative estimate of drug-likeness (QED) is 0.709. The lowest BCUT2D eigenvalue weighted by atomic mass is 10.1. The molecule has 0 heterocycles. The van der Waals surface area contributed by atoms with Crippen LogP contribution in [-0.4, -0.2) is 20.6 Å². The normalized spacial score (nSPS) is 10.6. The number of carbonyl (C=O) groups is 1. The van der Waals surface area contributed by atoms with Gasteiger partial charge in [-0.3, -0.25) is 4.79 Å². The second kappa shape index (κ2) is 7.90. The van der Waals surface area contributed by atoms with E-state index in [4.69, 9.17) is 0 Å². The summed E-state index contributed by atoms with van der Waals surface area (Å²) in [7, 11) is -3.50. The van der Waals surface area contributed by atoms with Gasteiger partial charge in [0.2, 0.25) is 0 Å². The first-order chi connectivity index (χ1) is 12.9. The summed E-state index contributed by atoms with van der Waals surface area (Å²) < 4.78 is 23.8. The minimum Gasteiger partial charge on any atom is -0.322 e. The molecule has 0 spiro atoms. The number of nitrogens with one attached hydrogen (secondary N) is 1. The highest BCUT2D eigenvalue weighted by Gasteiger charge is 2.18. The summed E-state index contributed by atoms with van der Waals surface area (Å²) in [4.78, 5) is 12.6. The molecule has 4 nitrogen and oxygen atoms in total. The number of sulfone groups is 1. The molecule has 27 heavy (non-hydrogen) atoms. The van der Waals surface area contributed by atoms with Gasteiger partial charge in [-0.15, -0.1) is 0 Å². The summed E-state index contributed by atoms with van der Waals surface area (Å²) in [5.74, 6) is 5.63. The van der Waals surface area contributed by atoms with Crippen LogP contribution in [0.25, 0.3) is 0 Å². The van der Waals surface area contributed by atoms with Gasteiger partial charge < -0.3 is 5.32 Å². The lowest BCUT2D eigenvalue weighted by molar-refractivity contribution is 0.102. The fourth-order valence-electron chi connectivity index (χ4n) is 2.52. The zero-order valence-corrected chi connectivity index (χ0v) is 15.5. The zero-order chi connectivity index (χ0) is 19.3.